The molecule has 0 radical (unpaired) electrons. The Balaban J connectivity index is 3.22. The van der Waals surface area contributed by atoms with Gasteiger partial charge in [0.1, 0.15) is 0 Å². The van der Waals surface area contributed by atoms with Crippen LogP contribution in [0.4, 0.5) is 0 Å². The Kier molecular flexibility index (Phi) is 8.51. The van der Waals surface area contributed by atoms with Crippen molar-refractivity contribution in [2.24, 2.45) is 0 Å². The molecule has 0 aromatic heterocycles. The molecule has 0 heterocycles. The van der Waals surface area contributed by atoms with Gasteiger partial charge in [-0.1, -0.05) is 12.2 Å². The summed E-state index contributed by atoms with van der Waals surface area (Å²) in [5.74, 6) is 0. The van der Waals surface area contributed by atoms with Gasteiger partial charge in [0.2, 0.25) is 0 Å². The lowest BCUT2D eigenvalue weighted by Gasteiger charge is -2.10. The molecule has 0 saturated heterocycles. The van der Waals surface area contributed by atoms with Crippen LogP contribution in [0, 0.1) is 0 Å². The van der Waals surface area contributed by atoms with Gasteiger partial charge in [-0.2, -0.15) is 0 Å². The Hall–Kier alpha value is -0.650. The number of hydrogen-bond acceptors (Lipinski definition) is 3. The zero-order valence-corrected chi connectivity index (χ0v) is 9.32. The van der Waals surface area contributed by atoms with Gasteiger partial charge in [-0.25, -0.2) is 0 Å². The lowest BCUT2D eigenvalue weighted by atomic mass is 10.3. The zero-order chi connectivity index (χ0) is 10.8. The smallest absolute Gasteiger partial charge is 0.166 e. The van der Waals surface area contributed by atoms with Crippen molar-refractivity contribution in [3.05, 3.63) is 12.2 Å². The minimum Gasteiger partial charge on any atom is -0.394 e. The van der Waals surface area contributed by atoms with Gasteiger partial charge < -0.3 is 20.5 Å². The molecule has 0 rings (SSSR count). The van der Waals surface area contributed by atoms with Crippen LogP contribution in [-0.2, 0) is 4.74 Å². The summed E-state index contributed by atoms with van der Waals surface area (Å²) in [6.07, 6.45) is 0. The summed E-state index contributed by atoms with van der Waals surface area (Å²) in [5.41, 5.74) is 1.03. The first-order valence-corrected chi connectivity index (χ1v) is 4.92. The van der Waals surface area contributed by atoms with Crippen LogP contribution in [0.2, 0.25) is 0 Å². The van der Waals surface area contributed by atoms with Crippen molar-refractivity contribution in [2.45, 2.75) is 6.92 Å². The Morgan fingerprint density at radius 3 is 2.71 bits per heavy atom. The van der Waals surface area contributed by atoms with E-state index < -0.39 is 0 Å². The normalized spacial score (nSPS) is 9.57. The molecule has 0 atom stereocenters. The first-order chi connectivity index (χ1) is 6.66. The van der Waals surface area contributed by atoms with E-state index in [0.717, 1.165) is 5.57 Å². The van der Waals surface area contributed by atoms with Crippen LogP contribution in [0.15, 0.2) is 12.2 Å². The van der Waals surface area contributed by atoms with Crippen molar-refractivity contribution in [1.82, 2.24) is 10.6 Å². The van der Waals surface area contributed by atoms with Gasteiger partial charge in [0.25, 0.3) is 0 Å². The minimum absolute atomic E-state index is 0.0539. The molecule has 0 spiro atoms. The fourth-order valence-corrected chi connectivity index (χ4v) is 0.871. The van der Waals surface area contributed by atoms with E-state index >= 15 is 0 Å². The summed E-state index contributed by atoms with van der Waals surface area (Å²) < 4.78 is 5.04. The Labute approximate surface area is 90.3 Å². The average molecular weight is 218 g/mol. The third-order valence-corrected chi connectivity index (χ3v) is 1.61. The maximum Gasteiger partial charge on any atom is 0.166 e. The highest BCUT2D eigenvalue weighted by Gasteiger charge is 1.93. The van der Waals surface area contributed by atoms with E-state index in [2.05, 4.69) is 17.2 Å². The highest BCUT2D eigenvalue weighted by Crippen LogP contribution is 1.81. The Morgan fingerprint density at radius 2 is 2.14 bits per heavy atom. The SMILES string of the molecule is C=C(C)CNC(=S)NCCOCCO. The summed E-state index contributed by atoms with van der Waals surface area (Å²) >= 11 is 4.98. The first-order valence-electron chi connectivity index (χ1n) is 4.51. The van der Waals surface area contributed by atoms with E-state index in [1.165, 1.54) is 0 Å². The number of ether oxygens (including phenoxy) is 1. The van der Waals surface area contributed by atoms with Crippen LogP contribution in [0.25, 0.3) is 0 Å². The summed E-state index contributed by atoms with van der Waals surface area (Å²) in [7, 11) is 0. The van der Waals surface area contributed by atoms with Crippen LogP contribution in [0.3, 0.4) is 0 Å². The van der Waals surface area contributed by atoms with Crippen molar-refractivity contribution in [1.29, 1.82) is 0 Å². The highest BCUT2D eigenvalue weighted by molar-refractivity contribution is 7.80. The van der Waals surface area contributed by atoms with E-state index in [1.807, 2.05) is 6.92 Å². The fraction of sp³-hybridized carbons (Fsp3) is 0.667. The van der Waals surface area contributed by atoms with Gasteiger partial charge in [-0.05, 0) is 19.1 Å². The van der Waals surface area contributed by atoms with Gasteiger partial charge in [0.05, 0.1) is 19.8 Å². The third-order valence-electron chi connectivity index (χ3n) is 1.32. The topological polar surface area (TPSA) is 53.5 Å². The summed E-state index contributed by atoms with van der Waals surface area (Å²) in [5, 5.41) is 15.0. The standard InChI is InChI=1S/C9H18N2O2S/c1-8(2)7-11-9(14)10-3-5-13-6-4-12/h12H,1,3-7H2,2H3,(H2,10,11,14). The molecule has 0 amide bonds. The molecule has 0 aromatic carbocycles. The zero-order valence-electron chi connectivity index (χ0n) is 8.51. The Morgan fingerprint density at radius 1 is 1.43 bits per heavy atom. The molecular formula is C9H18N2O2S. The molecule has 0 bridgehead atoms. The number of thiocarbonyl (C=S) groups is 1. The van der Waals surface area contributed by atoms with Crippen molar-refractivity contribution in [2.75, 3.05) is 32.9 Å². The van der Waals surface area contributed by atoms with Crippen molar-refractivity contribution < 1.29 is 9.84 Å². The molecule has 0 saturated carbocycles. The quantitative estimate of drug-likeness (QED) is 0.320. The number of nitrogens with one attached hydrogen (secondary N) is 2. The lowest BCUT2D eigenvalue weighted by molar-refractivity contribution is 0.0958. The molecular weight excluding hydrogens is 200 g/mol. The molecule has 0 aliphatic rings. The minimum atomic E-state index is 0.0539. The van der Waals surface area contributed by atoms with Crippen LogP contribution in [0.5, 0.6) is 0 Å². The van der Waals surface area contributed by atoms with Crippen LogP contribution >= 0.6 is 12.2 Å². The Bertz CT molecular complexity index is 186. The molecule has 0 fully saturated rings. The number of hydrogen-bond donors (Lipinski definition) is 3. The van der Waals surface area contributed by atoms with E-state index in [4.69, 9.17) is 22.1 Å². The average Bonchev–Trinajstić information content (AvgIpc) is 2.14. The molecule has 0 unspecified atom stereocenters. The summed E-state index contributed by atoms with van der Waals surface area (Å²) in [6.45, 7) is 7.96. The van der Waals surface area contributed by atoms with Gasteiger partial charge in [0.15, 0.2) is 5.11 Å². The van der Waals surface area contributed by atoms with Gasteiger partial charge >= 0.3 is 0 Å². The van der Waals surface area contributed by atoms with Gasteiger partial charge in [-0.15, -0.1) is 0 Å². The van der Waals surface area contributed by atoms with Gasteiger partial charge in [-0.3, -0.25) is 0 Å². The van der Waals surface area contributed by atoms with E-state index in [9.17, 15) is 0 Å². The fourth-order valence-electron chi connectivity index (χ4n) is 0.697. The van der Waals surface area contributed by atoms with Gasteiger partial charge in [0, 0.05) is 13.1 Å². The number of aliphatic hydroxyl groups is 1. The van der Waals surface area contributed by atoms with Crippen LogP contribution in [-0.4, -0.2) is 43.1 Å². The van der Waals surface area contributed by atoms with E-state index in [-0.39, 0.29) is 6.61 Å². The second-order valence-electron chi connectivity index (χ2n) is 2.90. The molecule has 0 aliphatic heterocycles. The van der Waals surface area contributed by atoms with Crippen molar-refractivity contribution >= 4 is 17.3 Å². The third kappa shape index (κ3) is 9.44. The number of aliphatic hydroxyl groups excluding tert-OH is 1. The molecule has 0 aromatic rings. The van der Waals surface area contributed by atoms with E-state index in [1.54, 1.807) is 0 Å². The predicted molar refractivity (Wildman–Crippen MR) is 61.3 cm³/mol. The maximum absolute atomic E-state index is 8.43. The van der Waals surface area contributed by atoms with Crippen LogP contribution in [0.1, 0.15) is 6.92 Å². The molecule has 4 nitrogen and oxygen atoms in total. The first kappa shape index (κ1) is 13.4. The second kappa shape index (κ2) is 8.93. The maximum atomic E-state index is 8.43. The van der Waals surface area contributed by atoms with Crippen molar-refractivity contribution in [3.63, 3.8) is 0 Å². The summed E-state index contributed by atoms with van der Waals surface area (Å²) in [6, 6.07) is 0. The van der Waals surface area contributed by atoms with E-state index in [0.29, 0.717) is 31.4 Å². The molecule has 14 heavy (non-hydrogen) atoms. The predicted octanol–water partition coefficient (Wildman–Crippen LogP) is 0.0355. The summed E-state index contributed by atoms with van der Waals surface area (Å²) in [4.78, 5) is 0. The highest BCUT2D eigenvalue weighted by atomic mass is 32.1. The largest absolute Gasteiger partial charge is 0.394 e. The second-order valence-corrected chi connectivity index (χ2v) is 3.31. The molecule has 5 heteroatoms. The lowest BCUT2D eigenvalue weighted by Crippen LogP contribution is -2.37. The van der Waals surface area contributed by atoms with Crippen molar-refractivity contribution in [3.8, 4) is 0 Å². The molecule has 3 N–H and O–H groups in total. The number of rotatable bonds is 7. The van der Waals surface area contributed by atoms with Crippen LogP contribution < -0.4 is 10.6 Å². The molecule has 0 aliphatic carbocycles. The molecule has 82 valence electrons. The monoisotopic (exact) mass is 218 g/mol.